The molecule has 0 fully saturated rings. The summed E-state index contributed by atoms with van der Waals surface area (Å²) in [6.07, 6.45) is 3.64. The third-order valence-corrected chi connectivity index (χ3v) is 6.81. The molecule has 0 atom stereocenters. The van der Waals surface area contributed by atoms with Crippen molar-refractivity contribution in [3.63, 3.8) is 0 Å². The van der Waals surface area contributed by atoms with Gasteiger partial charge in [-0.1, -0.05) is 60.1 Å². The highest BCUT2D eigenvalue weighted by molar-refractivity contribution is 7.22. The molecular formula is C25H22ClN5OS. The maximum absolute atomic E-state index is 6.70. The number of benzene rings is 2. The predicted molar refractivity (Wildman–Crippen MR) is 136 cm³/mol. The molecule has 0 unspecified atom stereocenters. The molecule has 5 aromatic rings. The van der Waals surface area contributed by atoms with E-state index in [2.05, 4.69) is 22.4 Å². The predicted octanol–water partition coefficient (Wildman–Crippen LogP) is 6.14. The Morgan fingerprint density at radius 2 is 1.85 bits per heavy atom. The summed E-state index contributed by atoms with van der Waals surface area (Å²) in [7, 11) is 3.62. The molecule has 3 aromatic heterocycles. The standard InChI is InChI=1S/C25H22ClN5OS/c1-31-14-12-28-24(31)23-29-22(27-13-15-32-2)20-19(17-10-6-7-11-18(17)26)21(33-25(20)30-23)16-8-4-3-5-9-16/h3-12,14H,13,15H2,1-2H3,(H,27,29,30). The fourth-order valence-electron chi connectivity index (χ4n) is 3.79. The molecule has 0 aliphatic rings. The molecule has 0 amide bonds. The fraction of sp³-hybridized carbons (Fsp3) is 0.160. The second kappa shape index (κ2) is 9.31. The van der Waals surface area contributed by atoms with Crippen molar-refractivity contribution in [3.8, 4) is 33.2 Å². The van der Waals surface area contributed by atoms with E-state index in [1.54, 1.807) is 24.6 Å². The Morgan fingerprint density at radius 1 is 1.06 bits per heavy atom. The highest BCUT2D eigenvalue weighted by Crippen LogP contribution is 2.48. The zero-order chi connectivity index (χ0) is 22.8. The third kappa shape index (κ3) is 4.11. The number of thiophene rings is 1. The van der Waals surface area contributed by atoms with Gasteiger partial charge in [0.2, 0.25) is 0 Å². The Kier molecular flexibility index (Phi) is 6.09. The number of aryl methyl sites for hydroxylation is 1. The quantitative estimate of drug-likeness (QED) is 0.286. The zero-order valence-corrected chi connectivity index (χ0v) is 19.8. The normalized spacial score (nSPS) is 11.2. The van der Waals surface area contributed by atoms with Crippen molar-refractivity contribution in [1.29, 1.82) is 0 Å². The van der Waals surface area contributed by atoms with Crippen LogP contribution in [-0.4, -0.2) is 39.8 Å². The first-order valence-electron chi connectivity index (χ1n) is 10.5. The van der Waals surface area contributed by atoms with E-state index in [0.717, 1.165) is 37.6 Å². The van der Waals surface area contributed by atoms with Gasteiger partial charge in [0.15, 0.2) is 11.6 Å². The topological polar surface area (TPSA) is 64.9 Å². The van der Waals surface area contributed by atoms with Crippen LogP contribution in [0.3, 0.4) is 0 Å². The molecule has 33 heavy (non-hydrogen) atoms. The van der Waals surface area contributed by atoms with E-state index in [1.165, 1.54) is 0 Å². The summed E-state index contributed by atoms with van der Waals surface area (Å²) in [5, 5.41) is 5.09. The monoisotopic (exact) mass is 475 g/mol. The SMILES string of the molecule is COCCNc1nc(-c2nccn2C)nc2sc(-c3ccccc3)c(-c3ccccc3Cl)c12. The largest absolute Gasteiger partial charge is 0.383 e. The van der Waals surface area contributed by atoms with Crippen LogP contribution in [0.5, 0.6) is 0 Å². The molecule has 3 heterocycles. The summed E-state index contributed by atoms with van der Waals surface area (Å²) in [5.41, 5.74) is 3.09. The van der Waals surface area contributed by atoms with Crippen LogP contribution < -0.4 is 5.32 Å². The first kappa shape index (κ1) is 21.6. The number of nitrogens with one attached hydrogen (secondary N) is 1. The molecular weight excluding hydrogens is 454 g/mol. The van der Waals surface area contributed by atoms with Crippen LogP contribution in [0.15, 0.2) is 67.0 Å². The van der Waals surface area contributed by atoms with E-state index >= 15 is 0 Å². The summed E-state index contributed by atoms with van der Waals surface area (Å²) in [6.45, 7) is 1.17. The number of rotatable bonds is 7. The molecule has 5 rings (SSSR count). The number of methoxy groups -OCH3 is 1. The molecule has 8 heteroatoms. The van der Waals surface area contributed by atoms with E-state index in [9.17, 15) is 0 Å². The van der Waals surface area contributed by atoms with Gasteiger partial charge in [-0.3, -0.25) is 0 Å². The average Bonchev–Trinajstić information content (AvgIpc) is 3.43. The molecule has 6 nitrogen and oxygen atoms in total. The van der Waals surface area contributed by atoms with Crippen molar-refractivity contribution in [2.24, 2.45) is 7.05 Å². The van der Waals surface area contributed by atoms with E-state index in [0.29, 0.717) is 29.8 Å². The maximum Gasteiger partial charge on any atom is 0.199 e. The molecule has 0 aliphatic heterocycles. The number of anilines is 1. The van der Waals surface area contributed by atoms with Gasteiger partial charge in [-0.2, -0.15) is 0 Å². The van der Waals surface area contributed by atoms with Gasteiger partial charge in [0.25, 0.3) is 0 Å². The molecule has 0 saturated heterocycles. The number of halogens is 1. The maximum atomic E-state index is 6.70. The Hall–Kier alpha value is -3.26. The Morgan fingerprint density at radius 3 is 2.58 bits per heavy atom. The van der Waals surface area contributed by atoms with Crippen molar-refractivity contribution in [3.05, 3.63) is 72.0 Å². The Bertz CT molecular complexity index is 1410. The molecule has 2 aromatic carbocycles. The minimum absolute atomic E-state index is 0.556. The van der Waals surface area contributed by atoms with E-state index < -0.39 is 0 Å². The van der Waals surface area contributed by atoms with Crippen LogP contribution in [0, 0.1) is 0 Å². The summed E-state index contributed by atoms with van der Waals surface area (Å²) in [5.74, 6) is 2.02. The highest BCUT2D eigenvalue weighted by Gasteiger charge is 2.23. The van der Waals surface area contributed by atoms with Gasteiger partial charge in [-0.15, -0.1) is 11.3 Å². The molecule has 1 N–H and O–H groups in total. The van der Waals surface area contributed by atoms with Gasteiger partial charge in [-0.25, -0.2) is 15.0 Å². The van der Waals surface area contributed by atoms with Crippen molar-refractivity contribution in [1.82, 2.24) is 19.5 Å². The lowest BCUT2D eigenvalue weighted by Crippen LogP contribution is -2.10. The second-order valence-corrected chi connectivity index (χ2v) is 8.92. The van der Waals surface area contributed by atoms with Crippen LogP contribution in [0.1, 0.15) is 0 Å². The van der Waals surface area contributed by atoms with Crippen molar-refractivity contribution in [2.75, 3.05) is 25.6 Å². The van der Waals surface area contributed by atoms with Gasteiger partial charge >= 0.3 is 0 Å². The second-order valence-electron chi connectivity index (χ2n) is 7.51. The van der Waals surface area contributed by atoms with Crippen LogP contribution in [-0.2, 0) is 11.8 Å². The molecule has 0 radical (unpaired) electrons. The van der Waals surface area contributed by atoms with Crippen molar-refractivity contribution in [2.45, 2.75) is 0 Å². The van der Waals surface area contributed by atoms with Crippen molar-refractivity contribution < 1.29 is 4.74 Å². The van der Waals surface area contributed by atoms with Crippen molar-refractivity contribution >= 4 is 39.0 Å². The number of ether oxygens (including phenoxy) is 1. The van der Waals surface area contributed by atoms with E-state index in [-0.39, 0.29) is 0 Å². The van der Waals surface area contributed by atoms with Crippen LogP contribution >= 0.6 is 22.9 Å². The lowest BCUT2D eigenvalue weighted by molar-refractivity contribution is 0.210. The Balaban J connectivity index is 1.83. The highest BCUT2D eigenvalue weighted by atomic mass is 35.5. The Labute approximate surface area is 200 Å². The molecule has 0 aliphatic carbocycles. The van der Waals surface area contributed by atoms with Gasteiger partial charge < -0.3 is 14.6 Å². The number of hydrogen-bond donors (Lipinski definition) is 1. The molecule has 0 bridgehead atoms. The number of aromatic nitrogens is 4. The van der Waals surface area contributed by atoms with Crippen LogP contribution in [0.2, 0.25) is 5.02 Å². The minimum Gasteiger partial charge on any atom is -0.383 e. The van der Waals surface area contributed by atoms with Gasteiger partial charge in [0, 0.05) is 54.1 Å². The summed E-state index contributed by atoms with van der Waals surface area (Å²) in [4.78, 5) is 16.3. The number of fused-ring (bicyclic) bond motifs is 1. The number of nitrogens with zero attached hydrogens (tertiary/aromatic N) is 4. The first-order valence-corrected chi connectivity index (χ1v) is 11.7. The van der Waals surface area contributed by atoms with E-state index in [1.807, 2.05) is 60.3 Å². The molecule has 166 valence electrons. The van der Waals surface area contributed by atoms with Gasteiger partial charge in [-0.05, 0) is 11.6 Å². The fourth-order valence-corrected chi connectivity index (χ4v) is 5.22. The summed E-state index contributed by atoms with van der Waals surface area (Å²) >= 11 is 8.33. The van der Waals surface area contributed by atoms with Crippen LogP contribution in [0.4, 0.5) is 5.82 Å². The summed E-state index contributed by atoms with van der Waals surface area (Å²) in [6, 6.07) is 18.2. The van der Waals surface area contributed by atoms with E-state index in [4.69, 9.17) is 26.3 Å². The van der Waals surface area contributed by atoms with Gasteiger partial charge in [0.1, 0.15) is 10.6 Å². The lowest BCUT2D eigenvalue weighted by Gasteiger charge is -2.12. The first-order chi connectivity index (χ1) is 16.2. The average molecular weight is 476 g/mol. The van der Waals surface area contributed by atoms with Crippen LogP contribution in [0.25, 0.3) is 43.4 Å². The lowest BCUT2D eigenvalue weighted by atomic mass is 9.99. The smallest absolute Gasteiger partial charge is 0.199 e. The molecule has 0 saturated carbocycles. The third-order valence-electron chi connectivity index (χ3n) is 5.35. The number of hydrogen-bond acceptors (Lipinski definition) is 6. The minimum atomic E-state index is 0.556. The number of imidazole rings is 1. The molecule has 0 spiro atoms. The summed E-state index contributed by atoms with van der Waals surface area (Å²) < 4.78 is 7.18. The zero-order valence-electron chi connectivity index (χ0n) is 18.2. The van der Waals surface area contributed by atoms with Gasteiger partial charge in [0.05, 0.1) is 12.0 Å².